The van der Waals surface area contributed by atoms with Gasteiger partial charge in [0, 0.05) is 36.8 Å². The van der Waals surface area contributed by atoms with Crippen LogP contribution < -0.4 is 9.64 Å². The van der Waals surface area contributed by atoms with Crippen molar-refractivity contribution in [3.05, 3.63) is 83.1 Å². The second kappa shape index (κ2) is 10.8. The summed E-state index contributed by atoms with van der Waals surface area (Å²) in [5.74, 6) is 1.33. The first-order valence-corrected chi connectivity index (χ1v) is 14.0. The van der Waals surface area contributed by atoms with Crippen LogP contribution in [0, 0.1) is 5.82 Å². The van der Waals surface area contributed by atoms with Crippen LogP contribution >= 0.6 is 23.4 Å². The zero-order valence-corrected chi connectivity index (χ0v) is 22.8. The quantitative estimate of drug-likeness (QED) is 0.260. The number of aromatic nitrogens is 4. The molecule has 0 saturated carbocycles. The average molecular weight is 565 g/mol. The lowest BCUT2D eigenvalue weighted by molar-refractivity contribution is -0.128. The van der Waals surface area contributed by atoms with Crippen LogP contribution in [0.3, 0.4) is 0 Å². The molecule has 0 N–H and O–H groups in total. The molecule has 0 bridgehead atoms. The normalized spacial score (nSPS) is 13.9. The maximum Gasteiger partial charge on any atom is 0.237 e. The number of fused-ring (bicyclic) bond motifs is 3. The van der Waals surface area contributed by atoms with E-state index in [4.69, 9.17) is 16.3 Å². The number of rotatable bonds is 7. The Balaban J connectivity index is 1.19. The highest BCUT2D eigenvalue weighted by Gasteiger charge is 2.24. The number of methoxy groups -OCH3 is 1. The first-order chi connectivity index (χ1) is 19.0. The Hall–Kier alpha value is -3.76. The molecule has 3 heterocycles. The summed E-state index contributed by atoms with van der Waals surface area (Å²) in [5.41, 5.74) is 3.19. The van der Waals surface area contributed by atoms with Gasteiger partial charge in [-0.25, -0.2) is 4.39 Å². The Bertz CT molecular complexity index is 1640. The molecule has 1 amide bonds. The van der Waals surface area contributed by atoms with Gasteiger partial charge in [-0.2, -0.15) is 0 Å². The first-order valence-electron chi connectivity index (χ1n) is 12.6. The van der Waals surface area contributed by atoms with Crippen molar-refractivity contribution in [3.8, 4) is 5.75 Å². The fourth-order valence-electron chi connectivity index (χ4n) is 5.03. The van der Waals surface area contributed by atoms with Gasteiger partial charge in [-0.3, -0.25) is 9.20 Å². The fourth-order valence-corrected chi connectivity index (χ4v) is 6.10. The average Bonchev–Trinajstić information content (AvgIpc) is 3.52. The number of ether oxygens (including phenoxy) is 1. The molecule has 0 atom stereocenters. The van der Waals surface area contributed by atoms with Crippen molar-refractivity contribution in [1.82, 2.24) is 24.1 Å². The van der Waals surface area contributed by atoms with Crippen LogP contribution in [0.1, 0.15) is 5.56 Å². The van der Waals surface area contributed by atoms with Gasteiger partial charge in [0.1, 0.15) is 11.6 Å². The lowest BCUT2D eigenvalue weighted by Crippen LogP contribution is -2.49. The molecule has 0 aliphatic carbocycles. The molecule has 0 spiro atoms. The number of para-hydroxylation sites is 4. The molecule has 200 valence electrons. The molecule has 1 saturated heterocycles. The van der Waals surface area contributed by atoms with E-state index in [2.05, 4.69) is 15.1 Å². The molecule has 1 aliphatic rings. The zero-order chi connectivity index (χ0) is 26.9. The minimum absolute atomic E-state index is 0.0540. The van der Waals surface area contributed by atoms with E-state index in [9.17, 15) is 9.18 Å². The van der Waals surface area contributed by atoms with Gasteiger partial charge in [-0.05, 0) is 36.4 Å². The monoisotopic (exact) mass is 564 g/mol. The summed E-state index contributed by atoms with van der Waals surface area (Å²) in [5, 5.41) is 9.75. The fraction of sp³-hybridized carbons (Fsp3) is 0.250. The summed E-state index contributed by atoms with van der Waals surface area (Å²) in [6.07, 6.45) is 0. The highest BCUT2D eigenvalue weighted by atomic mass is 35.5. The number of thioether (sulfide) groups is 1. The van der Waals surface area contributed by atoms with E-state index in [0.29, 0.717) is 34.6 Å². The van der Waals surface area contributed by atoms with E-state index in [1.807, 2.05) is 62.4 Å². The summed E-state index contributed by atoms with van der Waals surface area (Å²) in [6, 6.07) is 20.4. The van der Waals surface area contributed by atoms with E-state index in [0.717, 1.165) is 35.6 Å². The predicted octanol–water partition coefficient (Wildman–Crippen LogP) is 4.97. The van der Waals surface area contributed by atoms with Crippen LogP contribution in [0.4, 0.5) is 10.1 Å². The number of anilines is 1. The van der Waals surface area contributed by atoms with Crippen molar-refractivity contribution in [2.24, 2.45) is 0 Å². The standard InChI is InChI=1S/C28H26ClFN6O2S/c1-38-25-12-5-4-11-24(25)33-13-15-34(16-14-33)26(37)18-39-28-32-31-27-35(17-19-20(29)7-6-8-21(19)30)22-9-2-3-10-23(22)36(27)28/h2-12H,13-18H2,1H3. The van der Waals surface area contributed by atoms with E-state index in [-0.39, 0.29) is 24.0 Å². The highest BCUT2D eigenvalue weighted by molar-refractivity contribution is 7.99. The van der Waals surface area contributed by atoms with Crippen molar-refractivity contribution in [3.63, 3.8) is 0 Å². The van der Waals surface area contributed by atoms with Crippen molar-refractivity contribution in [2.45, 2.75) is 11.7 Å². The van der Waals surface area contributed by atoms with Gasteiger partial charge >= 0.3 is 0 Å². The van der Waals surface area contributed by atoms with Gasteiger partial charge in [0.25, 0.3) is 0 Å². The maximum atomic E-state index is 14.6. The second-order valence-electron chi connectivity index (χ2n) is 9.22. The Kier molecular flexibility index (Phi) is 7.05. The summed E-state index contributed by atoms with van der Waals surface area (Å²) < 4.78 is 23.9. The molecule has 2 aromatic heterocycles. The van der Waals surface area contributed by atoms with Crippen molar-refractivity contribution in [1.29, 1.82) is 0 Å². The number of piperazine rings is 1. The van der Waals surface area contributed by atoms with E-state index >= 15 is 0 Å². The molecule has 39 heavy (non-hydrogen) atoms. The number of carbonyl (C=O) groups excluding carboxylic acids is 1. The van der Waals surface area contributed by atoms with Gasteiger partial charge in [0.15, 0.2) is 5.16 Å². The van der Waals surface area contributed by atoms with Crippen LogP contribution in [0.2, 0.25) is 5.02 Å². The Labute approximate surface area is 233 Å². The van der Waals surface area contributed by atoms with Crippen LogP contribution in [0.25, 0.3) is 16.8 Å². The molecule has 8 nitrogen and oxygen atoms in total. The van der Waals surface area contributed by atoms with Crippen LogP contribution in [0.15, 0.2) is 71.9 Å². The predicted molar refractivity (Wildman–Crippen MR) is 152 cm³/mol. The molecule has 11 heteroatoms. The molecule has 0 radical (unpaired) electrons. The van der Waals surface area contributed by atoms with Crippen molar-refractivity contribution >= 4 is 51.8 Å². The summed E-state index contributed by atoms with van der Waals surface area (Å²) in [4.78, 5) is 17.3. The topological polar surface area (TPSA) is 67.9 Å². The highest BCUT2D eigenvalue weighted by Crippen LogP contribution is 2.30. The van der Waals surface area contributed by atoms with Gasteiger partial charge in [-0.1, -0.05) is 53.7 Å². The SMILES string of the molecule is COc1ccccc1N1CCN(C(=O)CSc2nnc3n(Cc4c(F)cccc4Cl)c4ccccc4n23)CC1. The number of amides is 1. The number of imidazole rings is 1. The molecule has 5 aromatic rings. The summed E-state index contributed by atoms with van der Waals surface area (Å²) in [6.45, 7) is 2.95. The Morgan fingerprint density at radius 3 is 2.49 bits per heavy atom. The number of hydrogen-bond acceptors (Lipinski definition) is 6. The maximum absolute atomic E-state index is 14.6. The number of hydrogen-bond donors (Lipinski definition) is 0. The van der Waals surface area contributed by atoms with Crippen LogP contribution in [0.5, 0.6) is 5.75 Å². The van der Waals surface area contributed by atoms with E-state index in [1.54, 1.807) is 19.2 Å². The lowest BCUT2D eigenvalue weighted by Gasteiger charge is -2.36. The number of halogens is 2. The number of carbonyl (C=O) groups is 1. The molecular formula is C28H26ClFN6O2S. The molecule has 6 rings (SSSR count). The lowest BCUT2D eigenvalue weighted by atomic mass is 10.2. The molecule has 1 aliphatic heterocycles. The molecule has 3 aromatic carbocycles. The minimum atomic E-state index is -0.371. The third-order valence-corrected chi connectivity index (χ3v) is 8.30. The van der Waals surface area contributed by atoms with Crippen molar-refractivity contribution in [2.75, 3.05) is 43.9 Å². The largest absolute Gasteiger partial charge is 0.495 e. The smallest absolute Gasteiger partial charge is 0.237 e. The number of nitrogens with zero attached hydrogens (tertiary/aromatic N) is 6. The molecule has 0 unspecified atom stereocenters. The van der Waals surface area contributed by atoms with Gasteiger partial charge in [0.05, 0.1) is 36.1 Å². The van der Waals surface area contributed by atoms with E-state index < -0.39 is 0 Å². The van der Waals surface area contributed by atoms with Crippen molar-refractivity contribution < 1.29 is 13.9 Å². The first kappa shape index (κ1) is 25.5. The third kappa shape index (κ3) is 4.79. The number of benzene rings is 3. The van der Waals surface area contributed by atoms with Gasteiger partial charge in [-0.15, -0.1) is 10.2 Å². The second-order valence-corrected chi connectivity index (χ2v) is 10.6. The zero-order valence-electron chi connectivity index (χ0n) is 21.3. The Morgan fingerprint density at radius 2 is 1.72 bits per heavy atom. The molecular weight excluding hydrogens is 539 g/mol. The molecule has 1 fully saturated rings. The summed E-state index contributed by atoms with van der Waals surface area (Å²) in [7, 11) is 1.67. The van der Waals surface area contributed by atoms with Gasteiger partial charge < -0.3 is 19.1 Å². The summed E-state index contributed by atoms with van der Waals surface area (Å²) >= 11 is 7.67. The van der Waals surface area contributed by atoms with Crippen LogP contribution in [-0.2, 0) is 11.3 Å². The van der Waals surface area contributed by atoms with Gasteiger partial charge in [0.2, 0.25) is 11.7 Å². The third-order valence-electron chi connectivity index (χ3n) is 7.03. The minimum Gasteiger partial charge on any atom is -0.495 e. The Morgan fingerprint density at radius 1 is 0.974 bits per heavy atom. The van der Waals surface area contributed by atoms with E-state index in [1.165, 1.54) is 17.8 Å². The van der Waals surface area contributed by atoms with Crippen LogP contribution in [-0.4, -0.2) is 69.0 Å².